The van der Waals surface area contributed by atoms with E-state index < -0.39 is 0 Å². The SMILES string of the molecule is CCn1ncnc1Cn1nc(N)nc1Br. The molecule has 80 valence electrons. The molecule has 0 saturated carbocycles. The predicted molar refractivity (Wildman–Crippen MR) is 56.9 cm³/mol. The Hall–Kier alpha value is -1.44. The third-order valence-corrected chi connectivity index (χ3v) is 2.52. The molecule has 2 aromatic rings. The van der Waals surface area contributed by atoms with Crippen molar-refractivity contribution >= 4 is 21.9 Å². The van der Waals surface area contributed by atoms with Crippen LogP contribution in [0.4, 0.5) is 5.95 Å². The molecular formula is C7H10BrN7. The molecule has 7 nitrogen and oxygen atoms in total. The Morgan fingerprint density at radius 2 is 2.27 bits per heavy atom. The lowest BCUT2D eigenvalue weighted by atomic mass is 10.6. The monoisotopic (exact) mass is 271 g/mol. The van der Waals surface area contributed by atoms with Crippen LogP contribution < -0.4 is 5.73 Å². The Morgan fingerprint density at radius 3 is 2.87 bits per heavy atom. The fourth-order valence-electron chi connectivity index (χ4n) is 1.25. The van der Waals surface area contributed by atoms with Gasteiger partial charge in [-0.2, -0.15) is 10.1 Å². The summed E-state index contributed by atoms with van der Waals surface area (Å²) >= 11 is 3.26. The molecular weight excluding hydrogens is 262 g/mol. The van der Waals surface area contributed by atoms with Crippen molar-refractivity contribution in [3.63, 3.8) is 0 Å². The molecule has 15 heavy (non-hydrogen) atoms. The molecule has 0 aliphatic rings. The number of hydrogen-bond donors (Lipinski definition) is 1. The molecule has 0 spiro atoms. The summed E-state index contributed by atoms with van der Waals surface area (Å²) in [5.74, 6) is 1.06. The molecule has 0 amide bonds. The molecule has 0 aromatic carbocycles. The number of nitrogen functional groups attached to an aromatic ring is 1. The van der Waals surface area contributed by atoms with Gasteiger partial charge in [-0.15, -0.1) is 5.10 Å². The number of nitrogens with two attached hydrogens (primary N) is 1. The number of halogens is 1. The van der Waals surface area contributed by atoms with Crippen LogP contribution in [0.2, 0.25) is 0 Å². The standard InChI is InChI=1S/C7H10BrN7/c1-2-14-5(10-4-11-14)3-15-6(8)12-7(9)13-15/h4H,2-3H2,1H3,(H2,9,13). The van der Waals surface area contributed by atoms with E-state index in [1.165, 1.54) is 6.33 Å². The smallest absolute Gasteiger partial charge is 0.240 e. The summed E-state index contributed by atoms with van der Waals surface area (Å²) in [5.41, 5.74) is 5.46. The number of anilines is 1. The molecule has 0 unspecified atom stereocenters. The highest BCUT2D eigenvalue weighted by Crippen LogP contribution is 2.09. The highest BCUT2D eigenvalue weighted by atomic mass is 79.9. The van der Waals surface area contributed by atoms with Crippen LogP contribution in [0.25, 0.3) is 0 Å². The third kappa shape index (κ3) is 1.99. The fraction of sp³-hybridized carbons (Fsp3) is 0.429. The minimum Gasteiger partial charge on any atom is -0.366 e. The first-order valence-electron chi connectivity index (χ1n) is 4.43. The van der Waals surface area contributed by atoms with Gasteiger partial charge < -0.3 is 5.73 Å². The molecule has 0 bridgehead atoms. The van der Waals surface area contributed by atoms with Crippen LogP contribution in [-0.4, -0.2) is 29.5 Å². The summed E-state index contributed by atoms with van der Waals surface area (Å²) in [5, 5.41) is 8.08. The fourth-order valence-corrected chi connectivity index (χ4v) is 1.64. The van der Waals surface area contributed by atoms with Crippen molar-refractivity contribution in [3.8, 4) is 0 Å². The van der Waals surface area contributed by atoms with Crippen molar-refractivity contribution < 1.29 is 0 Å². The molecule has 0 fully saturated rings. The van der Waals surface area contributed by atoms with Crippen LogP contribution in [-0.2, 0) is 13.1 Å². The van der Waals surface area contributed by atoms with Gasteiger partial charge in [-0.1, -0.05) is 0 Å². The zero-order valence-corrected chi connectivity index (χ0v) is 9.72. The maximum absolute atomic E-state index is 5.46. The maximum atomic E-state index is 5.46. The second-order valence-corrected chi connectivity index (χ2v) is 3.60. The minimum atomic E-state index is 0.240. The second-order valence-electron chi connectivity index (χ2n) is 2.89. The first kappa shape index (κ1) is 10.1. The number of rotatable bonds is 3. The van der Waals surface area contributed by atoms with Gasteiger partial charge in [0.25, 0.3) is 0 Å². The molecule has 0 aliphatic carbocycles. The van der Waals surface area contributed by atoms with Crippen molar-refractivity contribution in [3.05, 3.63) is 16.9 Å². The van der Waals surface area contributed by atoms with E-state index in [0.29, 0.717) is 11.3 Å². The molecule has 2 heterocycles. The molecule has 2 rings (SSSR count). The van der Waals surface area contributed by atoms with Crippen LogP contribution in [0.5, 0.6) is 0 Å². The van der Waals surface area contributed by atoms with Gasteiger partial charge >= 0.3 is 0 Å². The summed E-state index contributed by atoms with van der Waals surface area (Å²) in [6.45, 7) is 3.28. The minimum absolute atomic E-state index is 0.240. The van der Waals surface area contributed by atoms with Crippen molar-refractivity contribution in [2.45, 2.75) is 20.0 Å². The van der Waals surface area contributed by atoms with Gasteiger partial charge in [-0.3, -0.25) is 0 Å². The number of aromatic nitrogens is 6. The lowest BCUT2D eigenvalue weighted by Gasteiger charge is -2.02. The van der Waals surface area contributed by atoms with Gasteiger partial charge in [0.2, 0.25) is 5.95 Å². The normalized spacial score (nSPS) is 10.8. The van der Waals surface area contributed by atoms with E-state index in [4.69, 9.17) is 5.73 Å². The molecule has 2 N–H and O–H groups in total. The average molecular weight is 272 g/mol. The Bertz CT molecular complexity index is 460. The van der Waals surface area contributed by atoms with Crippen LogP contribution >= 0.6 is 15.9 Å². The summed E-state index contributed by atoms with van der Waals surface area (Å²) in [6, 6.07) is 0. The van der Waals surface area contributed by atoms with Crippen molar-refractivity contribution in [1.82, 2.24) is 29.5 Å². The van der Waals surface area contributed by atoms with Gasteiger partial charge in [0, 0.05) is 6.54 Å². The van der Waals surface area contributed by atoms with Crippen molar-refractivity contribution in [2.75, 3.05) is 5.73 Å². The Balaban J connectivity index is 2.25. The highest BCUT2D eigenvalue weighted by molar-refractivity contribution is 9.10. The van der Waals surface area contributed by atoms with Gasteiger partial charge in [0.15, 0.2) is 4.73 Å². The number of nitrogens with zero attached hydrogens (tertiary/aromatic N) is 6. The van der Waals surface area contributed by atoms with Gasteiger partial charge in [0.1, 0.15) is 18.7 Å². The summed E-state index contributed by atoms with van der Waals surface area (Å²) < 4.78 is 4.01. The van der Waals surface area contributed by atoms with Crippen LogP contribution in [0.1, 0.15) is 12.7 Å². The van der Waals surface area contributed by atoms with E-state index in [1.54, 1.807) is 9.36 Å². The summed E-state index contributed by atoms with van der Waals surface area (Å²) in [7, 11) is 0. The highest BCUT2D eigenvalue weighted by Gasteiger charge is 2.09. The zero-order chi connectivity index (χ0) is 10.8. The Labute approximate surface area is 94.4 Å². The van der Waals surface area contributed by atoms with Crippen molar-refractivity contribution in [1.29, 1.82) is 0 Å². The van der Waals surface area contributed by atoms with Crippen LogP contribution in [0, 0.1) is 0 Å². The first-order chi connectivity index (χ1) is 7.20. The number of aryl methyl sites for hydroxylation is 1. The second kappa shape index (κ2) is 3.97. The van der Waals surface area contributed by atoms with Gasteiger partial charge in [-0.25, -0.2) is 14.3 Å². The quantitative estimate of drug-likeness (QED) is 0.867. The molecule has 8 heteroatoms. The van der Waals surface area contributed by atoms with E-state index >= 15 is 0 Å². The summed E-state index contributed by atoms with van der Waals surface area (Å²) in [6.07, 6.45) is 1.52. The molecule has 0 saturated heterocycles. The average Bonchev–Trinajstić information content (AvgIpc) is 2.74. The van der Waals surface area contributed by atoms with Crippen molar-refractivity contribution in [2.24, 2.45) is 0 Å². The first-order valence-corrected chi connectivity index (χ1v) is 5.22. The Kier molecular flexibility index (Phi) is 2.67. The zero-order valence-electron chi connectivity index (χ0n) is 8.13. The van der Waals surface area contributed by atoms with E-state index in [9.17, 15) is 0 Å². The number of hydrogen-bond acceptors (Lipinski definition) is 5. The van der Waals surface area contributed by atoms with Gasteiger partial charge in [0.05, 0.1) is 0 Å². The lowest BCUT2D eigenvalue weighted by Crippen LogP contribution is -2.10. The summed E-state index contributed by atoms with van der Waals surface area (Å²) in [4.78, 5) is 8.07. The maximum Gasteiger partial charge on any atom is 0.240 e. The van der Waals surface area contributed by atoms with E-state index in [-0.39, 0.29) is 5.95 Å². The topological polar surface area (TPSA) is 87.4 Å². The molecule has 0 radical (unpaired) electrons. The molecule has 0 aliphatic heterocycles. The van der Waals surface area contributed by atoms with Crippen LogP contribution in [0.3, 0.4) is 0 Å². The van der Waals surface area contributed by atoms with E-state index in [0.717, 1.165) is 12.4 Å². The van der Waals surface area contributed by atoms with E-state index in [2.05, 4.69) is 36.1 Å². The molecule has 2 aromatic heterocycles. The third-order valence-electron chi connectivity index (χ3n) is 1.93. The largest absolute Gasteiger partial charge is 0.366 e. The van der Waals surface area contributed by atoms with Gasteiger partial charge in [-0.05, 0) is 22.9 Å². The predicted octanol–water partition coefficient (Wildman–Crippen LogP) is 0.282. The molecule has 0 atom stereocenters. The lowest BCUT2D eigenvalue weighted by molar-refractivity contribution is 0.562. The Morgan fingerprint density at radius 1 is 1.47 bits per heavy atom. The van der Waals surface area contributed by atoms with Crippen LogP contribution in [0.15, 0.2) is 11.1 Å². The van der Waals surface area contributed by atoms with E-state index in [1.807, 2.05) is 6.92 Å².